The van der Waals surface area contributed by atoms with Gasteiger partial charge >= 0.3 is 0 Å². The Hall–Kier alpha value is -3.69. The molecule has 0 atom stereocenters. The van der Waals surface area contributed by atoms with E-state index in [4.69, 9.17) is 9.47 Å². The van der Waals surface area contributed by atoms with Crippen molar-refractivity contribution in [1.82, 2.24) is 19.9 Å². The second-order valence-corrected chi connectivity index (χ2v) is 5.44. The maximum Gasteiger partial charge on any atom is 0.286 e. The zero-order valence-electron chi connectivity index (χ0n) is 14.7. The van der Waals surface area contributed by atoms with Gasteiger partial charge < -0.3 is 14.8 Å². The number of nitrogens with one attached hydrogen (secondary N) is 1. The molecule has 10 nitrogen and oxygen atoms in total. The SMILES string of the molecule is CCOc1cc(C(=O)NCc2nnc3ccccn23)c([N+](=O)[O-])cc1OC. The second kappa shape index (κ2) is 7.68. The zero-order chi connectivity index (χ0) is 19.4. The van der Waals surface area contributed by atoms with Crippen LogP contribution in [0, 0.1) is 10.1 Å². The Balaban J connectivity index is 1.88. The van der Waals surface area contributed by atoms with Gasteiger partial charge in [0, 0.05) is 12.3 Å². The van der Waals surface area contributed by atoms with E-state index < -0.39 is 10.8 Å². The lowest BCUT2D eigenvalue weighted by Gasteiger charge is -2.12. The van der Waals surface area contributed by atoms with E-state index in [-0.39, 0.29) is 29.3 Å². The minimum atomic E-state index is -0.639. The van der Waals surface area contributed by atoms with Crippen LogP contribution in [0.3, 0.4) is 0 Å². The van der Waals surface area contributed by atoms with Gasteiger partial charge in [-0.25, -0.2) is 0 Å². The van der Waals surface area contributed by atoms with Crippen LogP contribution in [0.25, 0.3) is 5.65 Å². The molecule has 0 saturated heterocycles. The molecule has 0 bridgehead atoms. The molecule has 0 aliphatic carbocycles. The molecule has 1 aromatic carbocycles. The molecule has 3 rings (SSSR count). The maximum absolute atomic E-state index is 12.6. The molecule has 2 heterocycles. The molecule has 2 aromatic heterocycles. The third kappa shape index (κ3) is 3.64. The number of nitrogens with zero attached hydrogens (tertiary/aromatic N) is 4. The maximum atomic E-state index is 12.6. The Morgan fingerprint density at radius 2 is 2.11 bits per heavy atom. The molecule has 10 heteroatoms. The summed E-state index contributed by atoms with van der Waals surface area (Å²) in [5.41, 5.74) is 0.132. The van der Waals surface area contributed by atoms with E-state index in [2.05, 4.69) is 15.5 Å². The summed E-state index contributed by atoms with van der Waals surface area (Å²) in [6.45, 7) is 2.13. The Morgan fingerprint density at radius 1 is 1.30 bits per heavy atom. The van der Waals surface area contributed by atoms with Crippen LogP contribution < -0.4 is 14.8 Å². The van der Waals surface area contributed by atoms with Crippen molar-refractivity contribution in [3.63, 3.8) is 0 Å². The number of benzene rings is 1. The molecule has 0 unspecified atom stereocenters. The van der Waals surface area contributed by atoms with Crippen LogP contribution in [0.4, 0.5) is 5.69 Å². The van der Waals surface area contributed by atoms with Crippen molar-refractivity contribution < 1.29 is 19.2 Å². The van der Waals surface area contributed by atoms with Crippen LogP contribution in [0.5, 0.6) is 11.5 Å². The van der Waals surface area contributed by atoms with Gasteiger partial charge in [0.05, 0.1) is 31.3 Å². The molecule has 3 aromatic rings. The normalized spacial score (nSPS) is 10.6. The molecule has 1 N–H and O–H groups in total. The first-order chi connectivity index (χ1) is 13.0. The third-order valence-electron chi connectivity index (χ3n) is 3.81. The van der Waals surface area contributed by atoms with Gasteiger partial charge in [-0.15, -0.1) is 10.2 Å². The number of nitro groups is 1. The van der Waals surface area contributed by atoms with E-state index in [1.807, 2.05) is 12.1 Å². The summed E-state index contributed by atoms with van der Waals surface area (Å²) in [5.74, 6) is 0.311. The van der Waals surface area contributed by atoms with Crippen LogP contribution in [0.1, 0.15) is 23.1 Å². The molecule has 140 valence electrons. The Bertz CT molecular complexity index is 1000. The number of carbonyl (C=O) groups is 1. The van der Waals surface area contributed by atoms with Crippen molar-refractivity contribution in [2.75, 3.05) is 13.7 Å². The predicted molar refractivity (Wildman–Crippen MR) is 95.0 cm³/mol. The van der Waals surface area contributed by atoms with E-state index in [1.165, 1.54) is 19.2 Å². The Kier molecular flexibility index (Phi) is 5.15. The summed E-state index contributed by atoms with van der Waals surface area (Å²) < 4.78 is 12.2. The van der Waals surface area contributed by atoms with Gasteiger partial charge in [0.1, 0.15) is 5.56 Å². The lowest BCUT2D eigenvalue weighted by molar-refractivity contribution is -0.385. The third-order valence-corrected chi connectivity index (χ3v) is 3.81. The van der Waals surface area contributed by atoms with Gasteiger partial charge in [-0.3, -0.25) is 19.3 Å². The van der Waals surface area contributed by atoms with Crippen molar-refractivity contribution in [2.45, 2.75) is 13.5 Å². The van der Waals surface area contributed by atoms with Crippen molar-refractivity contribution in [1.29, 1.82) is 0 Å². The lowest BCUT2D eigenvalue weighted by Crippen LogP contribution is -2.25. The molecule has 0 aliphatic rings. The average molecular weight is 371 g/mol. The number of hydrogen-bond donors (Lipinski definition) is 1. The van der Waals surface area contributed by atoms with Gasteiger partial charge in [0.25, 0.3) is 11.6 Å². The summed E-state index contributed by atoms with van der Waals surface area (Å²) in [6.07, 6.45) is 1.76. The number of fused-ring (bicyclic) bond motifs is 1. The fourth-order valence-electron chi connectivity index (χ4n) is 2.58. The highest BCUT2D eigenvalue weighted by Gasteiger charge is 2.25. The second-order valence-electron chi connectivity index (χ2n) is 5.44. The molecule has 0 fully saturated rings. The van der Waals surface area contributed by atoms with Gasteiger partial charge in [-0.05, 0) is 19.1 Å². The molecule has 0 aliphatic heterocycles. The highest BCUT2D eigenvalue weighted by molar-refractivity contribution is 5.99. The summed E-state index contributed by atoms with van der Waals surface area (Å²) >= 11 is 0. The van der Waals surface area contributed by atoms with Crippen molar-refractivity contribution in [2.24, 2.45) is 0 Å². The van der Waals surface area contributed by atoms with E-state index in [1.54, 1.807) is 23.6 Å². The molecule has 0 spiro atoms. The fraction of sp³-hybridized carbons (Fsp3) is 0.235. The Morgan fingerprint density at radius 3 is 2.81 bits per heavy atom. The predicted octanol–water partition coefficient (Wildman–Crippen LogP) is 1.97. The average Bonchev–Trinajstić information content (AvgIpc) is 3.09. The van der Waals surface area contributed by atoms with Crippen LogP contribution in [0.15, 0.2) is 36.5 Å². The Labute approximate surface area is 153 Å². The minimum absolute atomic E-state index is 0.0527. The van der Waals surface area contributed by atoms with Gasteiger partial charge in [0.2, 0.25) is 0 Å². The number of nitro benzene ring substituents is 1. The largest absolute Gasteiger partial charge is 0.493 e. The number of ether oxygens (including phenoxy) is 2. The summed E-state index contributed by atoms with van der Waals surface area (Å²) in [4.78, 5) is 23.3. The summed E-state index contributed by atoms with van der Waals surface area (Å²) in [5, 5.41) is 22.0. The van der Waals surface area contributed by atoms with Crippen molar-refractivity contribution in [3.8, 4) is 11.5 Å². The summed E-state index contributed by atoms with van der Waals surface area (Å²) in [6, 6.07) is 7.89. The zero-order valence-corrected chi connectivity index (χ0v) is 14.7. The van der Waals surface area contributed by atoms with Crippen LogP contribution >= 0.6 is 0 Å². The van der Waals surface area contributed by atoms with Gasteiger partial charge in [-0.2, -0.15) is 0 Å². The van der Waals surface area contributed by atoms with Crippen LogP contribution in [-0.4, -0.2) is 39.1 Å². The van der Waals surface area contributed by atoms with Gasteiger partial charge in [0.15, 0.2) is 23.0 Å². The quantitative estimate of drug-likeness (QED) is 0.498. The number of hydrogen-bond acceptors (Lipinski definition) is 7. The molecule has 1 amide bonds. The first-order valence-electron chi connectivity index (χ1n) is 8.11. The number of rotatable bonds is 7. The first kappa shape index (κ1) is 18.1. The highest BCUT2D eigenvalue weighted by atomic mass is 16.6. The first-order valence-corrected chi connectivity index (χ1v) is 8.11. The van der Waals surface area contributed by atoms with Gasteiger partial charge in [-0.1, -0.05) is 6.07 Å². The minimum Gasteiger partial charge on any atom is -0.493 e. The van der Waals surface area contributed by atoms with E-state index in [0.717, 1.165) is 0 Å². The van der Waals surface area contributed by atoms with E-state index in [9.17, 15) is 14.9 Å². The fourth-order valence-corrected chi connectivity index (χ4v) is 2.58. The van der Waals surface area contributed by atoms with E-state index >= 15 is 0 Å². The monoisotopic (exact) mass is 371 g/mol. The molecule has 27 heavy (non-hydrogen) atoms. The number of methoxy groups -OCH3 is 1. The van der Waals surface area contributed by atoms with Crippen molar-refractivity contribution >= 4 is 17.2 Å². The number of pyridine rings is 1. The smallest absolute Gasteiger partial charge is 0.286 e. The number of aromatic nitrogens is 3. The molecule has 0 radical (unpaired) electrons. The van der Waals surface area contributed by atoms with E-state index in [0.29, 0.717) is 18.1 Å². The lowest BCUT2D eigenvalue weighted by atomic mass is 10.1. The number of amides is 1. The van der Waals surface area contributed by atoms with Crippen LogP contribution in [0.2, 0.25) is 0 Å². The number of carbonyl (C=O) groups excluding carboxylic acids is 1. The molecule has 0 saturated carbocycles. The van der Waals surface area contributed by atoms with Crippen molar-refractivity contribution in [3.05, 3.63) is 58.0 Å². The molecular formula is C17H17N5O5. The topological polar surface area (TPSA) is 121 Å². The van der Waals surface area contributed by atoms with Crippen LogP contribution in [-0.2, 0) is 6.54 Å². The standard InChI is InChI=1S/C17H17N5O5/c1-3-27-14-8-11(12(22(24)25)9-13(14)26-2)17(23)18-10-16-20-19-15-6-4-5-7-21(15)16/h4-9H,3,10H2,1-2H3,(H,18,23). The molecular weight excluding hydrogens is 354 g/mol. The highest BCUT2D eigenvalue weighted by Crippen LogP contribution is 2.34. The summed E-state index contributed by atoms with van der Waals surface area (Å²) in [7, 11) is 1.37.